The van der Waals surface area contributed by atoms with E-state index in [1.807, 2.05) is 70.2 Å². The number of nitrogens with zero attached hydrogens (tertiary/aromatic N) is 1. The van der Waals surface area contributed by atoms with Gasteiger partial charge in [0.1, 0.15) is 0 Å². The Kier molecular flexibility index (Phi) is 12.3. The van der Waals surface area contributed by atoms with Gasteiger partial charge in [0.05, 0.1) is 20.3 Å². The standard InChI is InChI=1S/C23H33N5O3.HI/c1-6-24-22(27-19-12-13-20(30-5)21(14-19)31-7-2)25-15-17-8-10-18(11-9-17)28-23(29)26-16(3)4;/h8-14,16H,6-7,15H2,1-5H3,(H2,24,25,27)(H2,26,28,29);1H. The lowest BCUT2D eigenvalue weighted by atomic mass is 10.2. The number of carbonyl (C=O) groups is 1. The number of urea groups is 1. The van der Waals surface area contributed by atoms with Gasteiger partial charge in [-0.05, 0) is 57.5 Å². The van der Waals surface area contributed by atoms with Crippen LogP contribution in [0, 0.1) is 0 Å². The van der Waals surface area contributed by atoms with E-state index in [1.54, 1.807) is 7.11 Å². The maximum Gasteiger partial charge on any atom is 0.319 e. The molecule has 176 valence electrons. The maximum atomic E-state index is 11.8. The summed E-state index contributed by atoms with van der Waals surface area (Å²) in [6.07, 6.45) is 0. The molecular formula is C23H34IN5O3. The summed E-state index contributed by atoms with van der Waals surface area (Å²) in [6.45, 7) is 9.55. The molecule has 2 amide bonds. The molecule has 4 N–H and O–H groups in total. The van der Waals surface area contributed by atoms with Gasteiger partial charge in [-0.2, -0.15) is 0 Å². The fourth-order valence-corrected chi connectivity index (χ4v) is 2.76. The average molecular weight is 555 g/mol. The highest BCUT2D eigenvalue weighted by Crippen LogP contribution is 2.30. The van der Waals surface area contributed by atoms with Crippen molar-refractivity contribution >= 4 is 47.3 Å². The van der Waals surface area contributed by atoms with E-state index in [-0.39, 0.29) is 36.0 Å². The second-order valence-electron chi connectivity index (χ2n) is 7.07. The van der Waals surface area contributed by atoms with Crippen LogP contribution in [0.5, 0.6) is 11.5 Å². The van der Waals surface area contributed by atoms with E-state index in [0.717, 1.165) is 23.5 Å². The predicted octanol–water partition coefficient (Wildman–Crippen LogP) is 4.82. The molecule has 0 radical (unpaired) electrons. The first-order chi connectivity index (χ1) is 14.9. The molecule has 2 rings (SSSR count). The van der Waals surface area contributed by atoms with Gasteiger partial charge >= 0.3 is 6.03 Å². The number of hydrogen-bond donors (Lipinski definition) is 4. The molecule has 0 aliphatic heterocycles. The number of anilines is 2. The number of carbonyl (C=O) groups excluding carboxylic acids is 1. The zero-order valence-electron chi connectivity index (χ0n) is 19.3. The fourth-order valence-electron chi connectivity index (χ4n) is 2.76. The highest BCUT2D eigenvalue weighted by Gasteiger charge is 2.07. The van der Waals surface area contributed by atoms with E-state index < -0.39 is 0 Å². The monoisotopic (exact) mass is 555 g/mol. The van der Waals surface area contributed by atoms with Gasteiger partial charge in [-0.3, -0.25) is 0 Å². The van der Waals surface area contributed by atoms with Crippen LogP contribution >= 0.6 is 24.0 Å². The summed E-state index contributed by atoms with van der Waals surface area (Å²) in [4.78, 5) is 16.4. The third-order valence-electron chi connectivity index (χ3n) is 4.12. The maximum absolute atomic E-state index is 11.8. The zero-order chi connectivity index (χ0) is 22.6. The highest BCUT2D eigenvalue weighted by atomic mass is 127. The van der Waals surface area contributed by atoms with E-state index in [1.165, 1.54) is 0 Å². The molecule has 32 heavy (non-hydrogen) atoms. The quantitative estimate of drug-likeness (QED) is 0.202. The first kappa shape index (κ1) is 27.3. The minimum absolute atomic E-state index is 0. The number of guanidine groups is 1. The highest BCUT2D eigenvalue weighted by molar-refractivity contribution is 14.0. The number of benzene rings is 2. The fraction of sp³-hybridized carbons (Fsp3) is 0.391. The molecule has 0 saturated carbocycles. The van der Waals surface area contributed by atoms with Crippen LogP contribution in [0.15, 0.2) is 47.5 Å². The van der Waals surface area contributed by atoms with Crippen molar-refractivity contribution in [1.82, 2.24) is 10.6 Å². The van der Waals surface area contributed by atoms with Crippen molar-refractivity contribution in [1.29, 1.82) is 0 Å². The largest absolute Gasteiger partial charge is 0.493 e. The molecule has 0 atom stereocenters. The van der Waals surface area contributed by atoms with E-state index in [2.05, 4.69) is 26.3 Å². The molecule has 2 aromatic carbocycles. The minimum Gasteiger partial charge on any atom is -0.493 e. The third-order valence-corrected chi connectivity index (χ3v) is 4.12. The lowest BCUT2D eigenvalue weighted by Gasteiger charge is -2.14. The minimum atomic E-state index is -0.217. The molecule has 0 aliphatic rings. The SMILES string of the molecule is CCNC(=NCc1ccc(NC(=O)NC(C)C)cc1)Nc1ccc(OC)c(OCC)c1.I. The lowest BCUT2D eigenvalue weighted by Crippen LogP contribution is -2.34. The zero-order valence-corrected chi connectivity index (χ0v) is 21.7. The normalized spacial score (nSPS) is 10.8. The van der Waals surface area contributed by atoms with Gasteiger partial charge < -0.3 is 30.7 Å². The summed E-state index contributed by atoms with van der Waals surface area (Å²) in [7, 11) is 1.62. The van der Waals surface area contributed by atoms with Crippen LogP contribution in [0.3, 0.4) is 0 Å². The summed E-state index contributed by atoms with van der Waals surface area (Å²) in [5, 5.41) is 12.1. The second-order valence-corrected chi connectivity index (χ2v) is 7.07. The van der Waals surface area contributed by atoms with Gasteiger partial charge in [0.25, 0.3) is 0 Å². The lowest BCUT2D eigenvalue weighted by molar-refractivity contribution is 0.250. The molecule has 0 heterocycles. The van der Waals surface area contributed by atoms with Crippen molar-refractivity contribution in [3.05, 3.63) is 48.0 Å². The molecule has 0 aliphatic carbocycles. The summed E-state index contributed by atoms with van der Waals surface area (Å²) >= 11 is 0. The molecule has 0 bridgehead atoms. The summed E-state index contributed by atoms with van der Waals surface area (Å²) < 4.78 is 11.0. The van der Waals surface area contributed by atoms with Crippen LogP contribution in [-0.2, 0) is 6.54 Å². The van der Waals surface area contributed by atoms with Crippen molar-refractivity contribution in [2.45, 2.75) is 40.3 Å². The van der Waals surface area contributed by atoms with Crippen LogP contribution in [-0.4, -0.2) is 38.3 Å². The van der Waals surface area contributed by atoms with Crippen molar-refractivity contribution in [2.75, 3.05) is 30.9 Å². The number of aliphatic imine (C=N–C) groups is 1. The number of ether oxygens (including phenoxy) is 2. The molecule has 0 fully saturated rings. The van der Waals surface area contributed by atoms with Crippen LogP contribution in [0.25, 0.3) is 0 Å². The number of hydrogen-bond acceptors (Lipinski definition) is 4. The molecule has 0 aromatic heterocycles. The Balaban J connectivity index is 0.00000512. The number of rotatable bonds is 9. The van der Waals surface area contributed by atoms with Crippen LogP contribution in [0.2, 0.25) is 0 Å². The Bertz CT molecular complexity index is 872. The Morgan fingerprint density at radius 1 is 1.00 bits per heavy atom. The van der Waals surface area contributed by atoms with Gasteiger partial charge in [-0.25, -0.2) is 9.79 Å². The number of halogens is 1. The van der Waals surface area contributed by atoms with E-state index >= 15 is 0 Å². The Morgan fingerprint density at radius 2 is 1.69 bits per heavy atom. The number of amides is 2. The Labute approximate surface area is 207 Å². The van der Waals surface area contributed by atoms with Gasteiger partial charge in [0.15, 0.2) is 17.5 Å². The second kappa shape index (κ2) is 14.4. The number of nitrogens with one attached hydrogen (secondary N) is 4. The summed E-state index contributed by atoms with van der Waals surface area (Å²) in [6, 6.07) is 13.1. The van der Waals surface area contributed by atoms with Gasteiger partial charge in [-0.15, -0.1) is 24.0 Å². The molecule has 0 saturated heterocycles. The van der Waals surface area contributed by atoms with E-state index in [0.29, 0.717) is 30.6 Å². The Morgan fingerprint density at radius 3 is 2.28 bits per heavy atom. The molecule has 8 nitrogen and oxygen atoms in total. The predicted molar refractivity (Wildman–Crippen MR) is 142 cm³/mol. The molecule has 0 spiro atoms. The number of methoxy groups -OCH3 is 1. The first-order valence-corrected chi connectivity index (χ1v) is 10.5. The molecular weight excluding hydrogens is 521 g/mol. The van der Waals surface area contributed by atoms with Gasteiger partial charge in [0.2, 0.25) is 0 Å². The third kappa shape index (κ3) is 9.21. The van der Waals surface area contributed by atoms with E-state index in [4.69, 9.17) is 9.47 Å². The average Bonchev–Trinajstić information content (AvgIpc) is 2.73. The van der Waals surface area contributed by atoms with Crippen molar-refractivity contribution in [3.63, 3.8) is 0 Å². The van der Waals surface area contributed by atoms with Crippen LogP contribution in [0.1, 0.15) is 33.3 Å². The smallest absolute Gasteiger partial charge is 0.319 e. The molecule has 2 aromatic rings. The van der Waals surface area contributed by atoms with Crippen molar-refractivity contribution in [3.8, 4) is 11.5 Å². The van der Waals surface area contributed by atoms with Gasteiger partial charge in [-0.1, -0.05) is 12.1 Å². The van der Waals surface area contributed by atoms with Crippen molar-refractivity contribution in [2.24, 2.45) is 4.99 Å². The topological polar surface area (TPSA) is 96.0 Å². The van der Waals surface area contributed by atoms with E-state index in [9.17, 15) is 4.79 Å². The summed E-state index contributed by atoms with van der Waals surface area (Å²) in [5.74, 6) is 2.02. The van der Waals surface area contributed by atoms with Gasteiger partial charge in [0, 0.05) is 30.0 Å². The van der Waals surface area contributed by atoms with Crippen molar-refractivity contribution < 1.29 is 14.3 Å². The van der Waals surface area contributed by atoms with Crippen LogP contribution < -0.4 is 30.7 Å². The molecule has 0 unspecified atom stereocenters. The molecule has 9 heteroatoms. The van der Waals surface area contributed by atoms with Crippen LogP contribution in [0.4, 0.5) is 16.2 Å². The first-order valence-electron chi connectivity index (χ1n) is 10.5. The summed E-state index contributed by atoms with van der Waals surface area (Å²) in [5.41, 5.74) is 2.61. The Hall–Kier alpha value is -2.69.